The second-order valence-corrected chi connectivity index (χ2v) is 11.6. The molecule has 0 bridgehead atoms. The molecule has 5 rings (SSSR count). The summed E-state index contributed by atoms with van der Waals surface area (Å²) in [5, 5.41) is 6.06. The minimum absolute atomic E-state index is 0.0368. The number of anilines is 1. The molecule has 1 saturated carbocycles. The first-order valence-corrected chi connectivity index (χ1v) is 15.0. The average molecular weight is 581 g/mol. The number of nitrogens with one attached hydrogen (secondary N) is 1. The molecule has 0 aromatic heterocycles. The Morgan fingerprint density at radius 1 is 1.02 bits per heavy atom. The van der Waals surface area contributed by atoms with Crippen LogP contribution >= 0.6 is 23.2 Å². The third-order valence-electron chi connectivity index (χ3n) is 8.10. The highest BCUT2D eigenvalue weighted by Gasteiger charge is 2.32. The molecule has 1 heterocycles. The van der Waals surface area contributed by atoms with Crippen molar-refractivity contribution in [1.82, 2.24) is 10.2 Å². The Morgan fingerprint density at radius 2 is 1.77 bits per heavy atom. The number of hydrogen-bond donors (Lipinski definition) is 1. The molecule has 3 amide bonds. The molecule has 210 valence electrons. The molecule has 40 heavy (non-hydrogen) atoms. The second kappa shape index (κ2) is 12.6. The van der Waals surface area contributed by atoms with Gasteiger partial charge in [-0.05, 0) is 60.9 Å². The maximum Gasteiger partial charge on any atom is 0.258 e. The molecule has 3 aromatic carbocycles. The third-order valence-corrected chi connectivity index (χ3v) is 8.83. The van der Waals surface area contributed by atoms with E-state index >= 15 is 0 Å². The molecule has 0 radical (unpaired) electrons. The van der Waals surface area contributed by atoms with E-state index in [-0.39, 0.29) is 36.7 Å². The van der Waals surface area contributed by atoms with Crippen LogP contribution in [0.15, 0.2) is 54.6 Å². The summed E-state index contributed by atoms with van der Waals surface area (Å²) in [5.41, 5.74) is 2.39. The minimum Gasteiger partial charge on any atom is -0.352 e. The van der Waals surface area contributed by atoms with Crippen molar-refractivity contribution in [2.24, 2.45) is 0 Å². The first kappa shape index (κ1) is 28.4. The number of hydrogen-bond acceptors (Lipinski definition) is 3. The normalized spacial score (nSPS) is 15.9. The van der Waals surface area contributed by atoms with Gasteiger partial charge in [-0.1, -0.05) is 79.7 Å². The highest BCUT2D eigenvalue weighted by molar-refractivity contribution is 6.42. The van der Waals surface area contributed by atoms with E-state index in [0.29, 0.717) is 35.0 Å². The fourth-order valence-corrected chi connectivity index (χ4v) is 6.35. The lowest BCUT2D eigenvalue weighted by Gasteiger charge is -2.33. The van der Waals surface area contributed by atoms with E-state index in [2.05, 4.69) is 5.32 Å². The van der Waals surface area contributed by atoms with Gasteiger partial charge in [0, 0.05) is 36.5 Å². The van der Waals surface area contributed by atoms with Crippen LogP contribution in [-0.4, -0.2) is 41.2 Å². The molecular formula is C32H35Cl2N3O3. The van der Waals surface area contributed by atoms with Crippen molar-refractivity contribution >= 4 is 57.4 Å². The van der Waals surface area contributed by atoms with Gasteiger partial charge in [-0.3, -0.25) is 14.4 Å². The van der Waals surface area contributed by atoms with Crippen LogP contribution in [0, 0.1) is 0 Å². The Balaban J connectivity index is 1.30. The molecule has 8 heteroatoms. The van der Waals surface area contributed by atoms with Crippen molar-refractivity contribution in [3.05, 3.63) is 75.8 Å². The molecular weight excluding hydrogens is 545 g/mol. The Bertz CT molecular complexity index is 1410. The molecule has 2 aliphatic rings. The van der Waals surface area contributed by atoms with E-state index < -0.39 is 6.04 Å². The van der Waals surface area contributed by atoms with Gasteiger partial charge in [-0.25, -0.2) is 0 Å². The summed E-state index contributed by atoms with van der Waals surface area (Å²) in [5.74, 6) is -0.274. The molecule has 1 aliphatic carbocycles. The zero-order valence-corrected chi connectivity index (χ0v) is 24.3. The zero-order chi connectivity index (χ0) is 28.2. The summed E-state index contributed by atoms with van der Waals surface area (Å²) in [4.78, 5) is 43.8. The fourth-order valence-electron chi connectivity index (χ4n) is 6.03. The van der Waals surface area contributed by atoms with Gasteiger partial charge in [0.2, 0.25) is 11.8 Å². The smallest absolute Gasteiger partial charge is 0.258 e. The summed E-state index contributed by atoms with van der Waals surface area (Å²) >= 11 is 12.4. The molecule has 1 N–H and O–H groups in total. The maximum atomic E-state index is 13.7. The zero-order valence-electron chi connectivity index (χ0n) is 22.8. The summed E-state index contributed by atoms with van der Waals surface area (Å²) in [6.45, 7) is 2.60. The van der Waals surface area contributed by atoms with Crippen molar-refractivity contribution in [3.63, 3.8) is 0 Å². The monoisotopic (exact) mass is 579 g/mol. The van der Waals surface area contributed by atoms with Crippen LogP contribution in [0.5, 0.6) is 0 Å². The van der Waals surface area contributed by atoms with Crippen LogP contribution in [0.25, 0.3) is 10.8 Å². The van der Waals surface area contributed by atoms with E-state index in [0.717, 1.165) is 47.7 Å². The average Bonchev–Trinajstić information content (AvgIpc) is 3.23. The van der Waals surface area contributed by atoms with Crippen molar-refractivity contribution in [2.45, 2.75) is 76.9 Å². The van der Waals surface area contributed by atoms with Crippen LogP contribution < -0.4 is 10.2 Å². The predicted octanol–water partition coefficient (Wildman–Crippen LogP) is 7.14. The number of carbonyl (C=O) groups is 3. The Morgan fingerprint density at radius 3 is 2.50 bits per heavy atom. The van der Waals surface area contributed by atoms with Gasteiger partial charge in [0.15, 0.2) is 0 Å². The summed E-state index contributed by atoms with van der Waals surface area (Å²) in [7, 11) is 0. The van der Waals surface area contributed by atoms with Gasteiger partial charge in [-0.15, -0.1) is 0 Å². The molecule has 6 nitrogen and oxygen atoms in total. The number of rotatable bonds is 10. The Labute approximate surface area is 245 Å². The summed E-state index contributed by atoms with van der Waals surface area (Å²) in [6, 6.07) is 16.5. The lowest BCUT2D eigenvalue weighted by Crippen LogP contribution is -2.51. The number of amides is 3. The lowest BCUT2D eigenvalue weighted by atomic mass is 9.95. The van der Waals surface area contributed by atoms with E-state index in [1.54, 1.807) is 21.9 Å². The summed E-state index contributed by atoms with van der Waals surface area (Å²) < 4.78 is 0. The fraction of sp³-hybridized carbons (Fsp3) is 0.406. The largest absolute Gasteiger partial charge is 0.352 e. The number of halogens is 2. The molecule has 1 fully saturated rings. The van der Waals surface area contributed by atoms with Gasteiger partial charge in [0.1, 0.15) is 6.04 Å². The second-order valence-electron chi connectivity index (χ2n) is 10.8. The summed E-state index contributed by atoms with van der Waals surface area (Å²) in [6.07, 6.45) is 6.56. The van der Waals surface area contributed by atoms with Crippen molar-refractivity contribution in [2.75, 3.05) is 11.4 Å². The number of nitrogens with zero attached hydrogens (tertiary/aromatic N) is 2. The van der Waals surface area contributed by atoms with Gasteiger partial charge in [0.05, 0.1) is 15.7 Å². The SMILES string of the molecule is CC[C@@H](C(=O)NC1CCCCC1)N(Cc1ccc(Cl)c(Cl)c1)C(=O)CCCN1C(=O)c2cccc3cccc1c23. The van der Waals surface area contributed by atoms with E-state index in [9.17, 15) is 14.4 Å². The van der Waals surface area contributed by atoms with Crippen molar-refractivity contribution in [1.29, 1.82) is 0 Å². The first-order valence-electron chi connectivity index (χ1n) is 14.2. The highest BCUT2D eigenvalue weighted by Crippen LogP contribution is 2.37. The van der Waals surface area contributed by atoms with Crippen LogP contribution in [0.2, 0.25) is 10.0 Å². The van der Waals surface area contributed by atoms with E-state index in [4.69, 9.17) is 23.2 Å². The maximum absolute atomic E-state index is 13.7. The molecule has 1 aliphatic heterocycles. The topological polar surface area (TPSA) is 69.7 Å². The third kappa shape index (κ3) is 5.98. The van der Waals surface area contributed by atoms with Crippen LogP contribution in [0.1, 0.15) is 74.2 Å². The van der Waals surface area contributed by atoms with Crippen molar-refractivity contribution < 1.29 is 14.4 Å². The molecule has 0 spiro atoms. The van der Waals surface area contributed by atoms with Gasteiger partial charge >= 0.3 is 0 Å². The van der Waals surface area contributed by atoms with Crippen LogP contribution in [-0.2, 0) is 16.1 Å². The number of carbonyl (C=O) groups excluding carboxylic acids is 3. The standard InChI is InChI=1S/C32H35Cl2N3O3/c1-2-27(31(39)35-23-11-4-3-5-12-23)37(20-21-16-17-25(33)26(34)19-21)29(38)15-8-18-36-28-14-7-10-22-9-6-13-24(30(22)28)32(36)40/h6-7,9-10,13-14,16-17,19,23,27H,2-5,8,11-12,15,18,20H2,1H3,(H,35,39)/t27-/m0/s1. The minimum atomic E-state index is -0.602. The number of benzene rings is 3. The van der Waals surface area contributed by atoms with Gasteiger partial charge < -0.3 is 15.1 Å². The van der Waals surface area contributed by atoms with Crippen molar-refractivity contribution in [3.8, 4) is 0 Å². The van der Waals surface area contributed by atoms with Crippen LogP contribution in [0.4, 0.5) is 5.69 Å². The molecule has 1 atom stereocenters. The highest BCUT2D eigenvalue weighted by atomic mass is 35.5. The lowest BCUT2D eigenvalue weighted by molar-refractivity contribution is -0.141. The molecule has 3 aromatic rings. The Kier molecular flexibility index (Phi) is 8.97. The van der Waals surface area contributed by atoms with Crippen LogP contribution in [0.3, 0.4) is 0 Å². The predicted molar refractivity (Wildman–Crippen MR) is 161 cm³/mol. The first-order chi connectivity index (χ1) is 19.4. The quantitative estimate of drug-likeness (QED) is 0.277. The van der Waals surface area contributed by atoms with E-state index in [1.807, 2.05) is 49.4 Å². The van der Waals surface area contributed by atoms with Gasteiger partial charge in [0.25, 0.3) is 5.91 Å². The van der Waals surface area contributed by atoms with E-state index in [1.165, 1.54) is 6.42 Å². The van der Waals surface area contributed by atoms with Gasteiger partial charge in [-0.2, -0.15) is 0 Å². The Hall–Kier alpha value is -3.09. The molecule has 0 unspecified atom stereocenters. The molecule has 0 saturated heterocycles.